The third-order valence-electron chi connectivity index (χ3n) is 3.86. The van der Waals surface area contributed by atoms with Crippen molar-refractivity contribution in [2.24, 2.45) is 5.41 Å². The Morgan fingerprint density at radius 2 is 1.86 bits per heavy atom. The predicted molar refractivity (Wildman–Crippen MR) is 81.8 cm³/mol. The maximum Gasteiger partial charge on any atom is 0.202 e. The predicted octanol–water partition coefficient (Wildman–Crippen LogP) is 3.70. The van der Waals surface area contributed by atoms with Crippen molar-refractivity contribution in [3.8, 4) is 0 Å². The number of rotatable bonds is 0. The van der Waals surface area contributed by atoms with E-state index in [1.807, 2.05) is 13.8 Å². The lowest BCUT2D eigenvalue weighted by atomic mass is 9.75. The molecule has 3 rings (SSSR count). The minimum absolute atomic E-state index is 0.0218. The van der Waals surface area contributed by atoms with Crippen molar-refractivity contribution in [2.45, 2.75) is 26.7 Å². The normalized spacial score (nSPS) is 17.0. The molecule has 1 aliphatic rings. The van der Waals surface area contributed by atoms with E-state index in [4.69, 9.17) is 23.2 Å². The van der Waals surface area contributed by atoms with Gasteiger partial charge in [-0.05, 0) is 24.0 Å². The molecule has 0 radical (unpaired) electrons. The van der Waals surface area contributed by atoms with Gasteiger partial charge in [0, 0.05) is 6.42 Å². The van der Waals surface area contributed by atoms with Crippen LogP contribution in [0.25, 0.3) is 10.9 Å². The number of hydrogen-bond donors (Lipinski definition) is 1. The second-order valence-electron chi connectivity index (χ2n) is 6.16. The largest absolute Gasteiger partial charge is 0.428 e. The highest BCUT2D eigenvalue weighted by Gasteiger charge is 2.36. The molecule has 0 unspecified atom stereocenters. The van der Waals surface area contributed by atoms with E-state index < -0.39 is 5.43 Å². The van der Waals surface area contributed by atoms with Crippen molar-refractivity contribution in [1.82, 2.24) is 4.73 Å². The van der Waals surface area contributed by atoms with E-state index in [0.29, 0.717) is 12.1 Å². The average Bonchev–Trinajstić information content (AvgIpc) is 2.37. The lowest BCUT2D eigenvalue weighted by molar-refractivity contribution is 0.0885. The summed E-state index contributed by atoms with van der Waals surface area (Å²) in [5, 5.41) is 10.8. The zero-order chi connectivity index (χ0) is 15.5. The summed E-state index contributed by atoms with van der Waals surface area (Å²) in [6, 6.07) is 3.04. The summed E-state index contributed by atoms with van der Waals surface area (Å²) in [6.07, 6.45) is 0.703. The summed E-state index contributed by atoms with van der Waals surface area (Å²) in [4.78, 5) is 24.9. The maximum absolute atomic E-state index is 12.6. The number of Topliss-reactive ketones (excluding diaryl/α,β-unsaturated/α-hetero) is 1. The molecule has 1 aromatic carbocycles. The fraction of sp³-hybridized carbons (Fsp3) is 0.333. The molecule has 2 aromatic rings. The van der Waals surface area contributed by atoms with Crippen molar-refractivity contribution in [1.29, 1.82) is 0 Å². The molecule has 1 aromatic heterocycles. The molecule has 1 heterocycles. The van der Waals surface area contributed by atoms with E-state index in [2.05, 4.69) is 0 Å². The van der Waals surface area contributed by atoms with Gasteiger partial charge in [0.1, 0.15) is 0 Å². The van der Waals surface area contributed by atoms with Crippen LogP contribution in [-0.2, 0) is 6.42 Å². The van der Waals surface area contributed by atoms with Gasteiger partial charge in [0.25, 0.3) is 0 Å². The van der Waals surface area contributed by atoms with E-state index in [1.165, 1.54) is 12.1 Å². The van der Waals surface area contributed by atoms with E-state index >= 15 is 0 Å². The quantitative estimate of drug-likeness (QED) is 0.751. The van der Waals surface area contributed by atoms with Gasteiger partial charge in [0.2, 0.25) is 5.43 Å². The van der Waals surface area contributed by atoms with Gasteiger partial charge in [-0.25, -0.2) is 0 Å². The first-order valence-electron chi connectivity index (χ1n) is 6.51. The van der Waals surface area contributed by atoms with Crippen LogP contribution in [0.2, 0.25) is 10.0 Å². The van der Waals surface area contributed by atoms with Crippen LogP contribution in [0, 0.1) is 5.41 Å². The molecule has 110 valence electrons. The number of pyridine rings is 1. The summed E-state index contributed by atoms with van der Waals surface area (Å²) in [7, 11) is 0. The van der Waals surface area contributed by atoms with Gasteiger partial charge in [-0.15, -0.1) is 0 Å². The highest BCUT2D eigenvalue weighted by molar-refractivity contribution is 6.45. The van der Waals surface area contributed by atoms with Gasteiger partial charge in [0.15, 0.2) is 5.78 Å². The summed E-state index contributed by atoms with van der Waals surface area (Å²) in [5.41, 5.74) is -0.136. The molecule has 21 heavy (non-hydrogen) atoms. The number of carbonyl (C=O) groups is 1. The van der Waals surface area contributed by atoms with Crippen LogP contribution < -0.4 is 5.43 Å². The van der Waals surface area contributed by atoms with Crippen molar-refractivity contribution in [3.63, 3.8) is 0 Å². The standard InChI is InChI=1S/C15H13Cl2NO3/c1-15(2)5-9-11(10(19)6-15)14(20)12-8(18(9)21)4-3-7(16)13(12)17/h3-4,21H,5-6H2,1-2H3. The van der Waals surface area contributed by atoms with Gasteiger partial charge in [0.05, 0.1) is 32.2 Å². The molecule has 0 saturated carbocycles. The minimum Gasteiger partial charge on any atom is -0.428 e. The molecule has 0 saturated heterocycles. The van der Waals surface area contributed by atoms with Crippen molar-refractivity contribution in [2.75, 3.05) is 0 Å². The fourth-order valence-electron chi connectivity index (χ4n) is 2.93. The van der Waals surface area contributed by atoms with Crippen LogP contribution in [0.5, 0.6) is 0 Å². The van der Waals surface area contributed by atoms with Crippen molar-refractivity contribution < 1.29 is 10.0 Å². The van der Waals surface area contributed by atoms with Gasteiger partial charge < -0.3 is 5.21 Å². The average molecular weight is 326 g/mol. The molecule has 0 aliphatic heterocycles. The van der Waals surface area contributed by atoms with E-state index in [1.54, 1.807) is 0 Å². The molecular weight excluding hydrogens is 313 g/mol. The highest BCUT2D eigenvalue weighted by Crippen LogP contribution is 2.36. The Hall–Kier alpha value is -1.52. The first-order chi connectivity index (χ1) is 9.73. The highest BCUT2D eigenvalue weighted by atomic mass is 35.5. The van der Waals surface area contributed by atoms with E-state index in [9.17, 15) is 14.8 Å². The summed E-state index contributed by atoms with van der Waals surface area (Å²) in [6.45, 7) is 3.86. The number of ketones is 1. The lowest BCUT2D eigenvalue weighted by Gasteiger charge is -2.30. The van der Waals surface area contributed by atoms with Crippen LogP contribution in [0.1, 0.15) is 36.3 Å². The monoisotopic (exact) mass is 325 g/mol. The van der Waals surface area contributed by atoms with Gasteiger partial charge in [-0.2, -0.15) is 4.73 Å². The Kier molecular flexibility index (Phi) is 3.08. The number of aromatic nitrogens is 1. The third kappa shape index (κ3) is 2.05. The van der Waals surface area contributed by atoms with Gasteiger partial charge in [-0.3, -0.25) is 9.59 Å². The molecule has 0 amide bonds. The number of carbonyl (C=O) groups excluding carboxylic acids is 1. The Labute approximate surface area is 130 Å². The van der Waals surface area contributed by atoms with Gasteiger partial charge >= 0.3 is 0 Å². The fourth-order valence-corrected chi connectivity index (χ4v) is 3.33. The summed E-state index contributed by atoms with van der Waals surface area (Å²) >= 11 is 12.0. The smallest absolute Gasteiger partial charge is 0.202 e. The molecular formula is C15H13Cl2NO3. The molecule has 0 atom stereocenters. The maximum atomic E-state index is 12.6. The third-order valence-corrected chi connectivity index (χ3v) is 4.67. The number of halogens is 2. The zero-order valence-corrected chi connectivity index (χ0v) is 13.0. The second kappa shape index (κ2) is 4.49. The van der Waals surface area contributed by atoms with Gasteiger partial charge in [-0.1, -0.05) is 37.0 Å². The van der Waals surface area contributed by atoms with Crippen LogP contribution >= 0.6 is 23.2 Å². The topological polar surface area (TPSA) is 59.3 Å². The van der Waals surface area contributed by atoms with Crippen molar-refractivity contribution >= 4 is 39.9 Å². The Bertz CT molecular complexity index is 852. The first kappa shape index (κ1) is 14.4. The van der Waals surface area contributed by atoms with E-state index in [0.717, 1.165) is 4.73 Å². The number of hydrogen-bond acceptors (Lipinski definition) is 3. The lowest BCUT2D eigenvalue weighted by Crippen LogP contribution is -2.35. The molecule has 0 fully saturated rings. The van der Waals surface area contributed by atoms with E-state index in [-0.39, 0.29) is 44.1 Å². The van der Waals surface area contributed by atoms with Crippen LogP contribution in [0.4, 0.5) is 0 Å². The minimum atomic E-state index is -0.460. The molecule has 0 bridgehead atoms. The molecule has 4 nitrogen and oxygen atoms in total. The van der Waals surface area contributed by atoms with Crippen LogP contribution in [0.15, 0.2) is 16.9 Å². The Balaban J connectivity index is 2.50. The second-order valence-corrected chi connectivity index (χ2v) is 6.94. The first-order valence-corrected chi connectivity index (χ1v) is 7.26. The Morgan fingerprint density at radius 3 is 2.52 bits per heavy atom. The summed E-state index contributed by atoms with van der Waals surface area (Å²) in [5.74, 6) is -0.271. The SMILES string of the molecule is CC1(C)CC(=O)c2c(n(O)c3ccc(Cl)c(Cl)c3c2=O)C1. The molecule has 1 aliphatic carbocycles. The number of nitrogens with zero attached hydrogens (tertiary/aromatic N) is 1. The summed E-state index contributed by atoms with van der Waals surface area (Å²) < 4.78 is 0.896. The van der Waals surface area contributed by atoms with Crippen LogP contribution in [-0.4, -0.2) is 15.7 Å². The van der Waals surface area contributed by atoms with Crippen LogP contribution in [0.3, 0.4) is 0 Å². The molecule has 6 heteroatoms. The Morgan fingerprint density at radius 1 is 1.19 bits per heavy atom. The number of fused-ring (bicyclic) bond motifs is 2. The van der Waals surface area contributed by atoms with Crippen molar-refractivity contribution in [3.05, 3.63) is 43.7 Å². The molecule has 1 N–H and O–H groups in total. The zero-order valence-electron chi connectivity index (χ0n) is 11.5. The molecule has 0 spiro atoms. The number of benzene rings is 1.